The van der Waals surface area contributed by atoms with E-state index in [1.807, 2.05) is 6.92 Å². The summed E-state index contributed by atoms with van der Waals surface area (Å²) in [6, 6.07) is 2.42. The fourth-order valence-corrected chi connectivity index (χ4v) is 2.40. The van der Waals surface area contributed by atoms with Gasteiger partial charge >= 0.3 is 0 Å². The molecule has 1 aliphatic heterocycles. The van der Waals surface area contributed by atoms with E-state index in [1.165, 1.54) is 38.9 Å². The highest BCUT2D eigenvalue weighted by atomic mass is 15.1. The molecule has 1 unspecified atom stereocenters. The van der Waals surface area contributed by atoms with E-state index in [4.69, 9.17) is 0 Å². The highest BCUT2D eigenvalue weighted by Crippen LogP contribution is 2.14. The summed E-state index contributed by atoms with van der Waals surface area (Å²) in [7, 11) is 0. The molecule has 0 aliphatic carbocycles. The molecule has 0 saturated carbocycles. The topological polar surface area (TPSA) is 39.1 Å². The predicted octanol–water partition coefficient (Wildman–Crippen LogP) is 2.53. The van der Waals surface area contributed by atoms with Gasteiger partial charge in [0.2, 0.25) is 0 Å². The summed E-state index contributed by atoms with van der Waals surface area (Å²) in [5, 5.41) is 12.5. The van der Waals surface area contributed by atoms with E-state index >= 15 is 0 Å². The molecular formula is C14H27N3. The highest BCUT2D eigenvalue weighted by Gasteiger charge is 2.21. The van der Waals surface area contributed by atoms with Gasteiger partial charge in [0.05, 0.1) is 6.07 Å². The molecule has 1 aliphatic rings. The molecule has 17 heavy (non-hydrogen) atoms. The first-order chi connectivity index (χ1) is 8.20. The summed E-state index contributed by atoms with van der Waals surface area (Å²) < 4.78 is 0. The summed E-state index contributed by atoms with van der Waals surface area (Å²) in [6.45, 7) is 8.88. The number of rotatable bonds is 8. The highest BCUT2D eigenvalue weighted by molar-refractivity contribution is 5.03. The summed E-state index contributed by atoms with van der Waals surface area (Å²) in [5.41, 5.74) is -0.318. The van der Waals surface area contributed by atoms with Crippen LogP contribution in [-0.4, -0.2) is 36.6 Å². The van der Waals surface area contributed by atoms with Crippen LogP contribution in [0.2, 0.25) is 0 Å². The summed E-state index contributed by atoms with van der Waals surface area (Å²) >= 11 is 0. The Morgan fingerprint density at radius 2 is 2.00 bits per heavy atom. The molecule has 3 nitrogen and oxygen atoms in total. The van der Waals surface area contributed by atoms with Gasteiger partial charge in [0.1, 0.15) is 5.54 Å². The average Bonchev–Trinajstić information content (AvgIpc) is 2.85. The van der Waals surface area contributed by atoms with Crippen LogP contribution in [0, 0.1) is 11.3 Å². The third-order valence-electron chi connectivity index (χ3n) is 3.61. The fraction of sp³-hybridized carbons (Fsp3) is 0.929. The standard InChI is InChI=1S/C14H27N3/c1-3-9-16-14(2,13-15)8-4-5-10-17-11-6-7-12-17/h16H,3-12H2,1-2H3. The monoisotopic (exact) mass is 237 g/mol. The predicted molar refractivity (Wildman–Crippen MR) is 71.8 cm³/mol. The lowest BCUT2D eigenvalue weighted by atomic mass is 9.96. The number of nitrogens with one attached hydrogen (secondary N) is 1. The van der Waals surface area contributed by atoms with E-state index in [0.29, 0.717) is 0 Å². The maximum absolute atomic E-state index is 9.20. The van der Waals surface area contributed by atoms with Crippen molar-refractivity contribution in [2.75, 3.05) is 26.2 Å². The summed E-state index contributed by atoms with van der Waals surface area (Å²) in [4.78, 5) is 2.54. The lowest BCUT2D eigenvalue weighted by Crippen LogP contribution is -2.41. The van der Waals surface area contributed by atoms with Crippen molar-refractivity contribution in [3.8, 4) is 6.07 Å². The first-order valence-electron chi connectivity index (χ1n) is 7.09. The van der Waals surface area contributed by atoms with Gasteiger partial charge in [-0.2, -0.15) is 5.26 Å². The van der Waals surface area contributed by atoms with Gasteiger partial charge in [-0.15, -0.1) is 0 Å². The molecule has 0 aromatic rings. The molecule has 0 aromatic heterocycles. The van der Waals surface area contributed by atoms with E-state index in [1.54, 1.807) is 0 Å². The fourth-order valence-electron chi connectivity index (χ4n) is 2.40. The van der Waals surface area contributed by atoms with Crippen molar-refractivity contribution in [2.24, 2.45) is 0 Å². The minimum Gasteiger partial charge on any atom is -0.303 e. The minimum atomic E-state index is -0.318. The van der Waals surface area contributed by atoms with Crippen molar-refractivity contribution >= 4 is 0 Å². The molecule has 1 heterocycles. The molecule has 1 fully saturated rings. The Morgan fingerprint density at radius 3 is 2.59 bits per heavy atom. The van der Waals surface area contributed by atoms with Crippen molar-refractivity contribution in [1.29, 1.82) is 5.26 Å². The maximum Gasteiger partial charge on any atom is 0.103 e. The second kappa shape index (κ2) is 7.68. The van der Waals surface area contributed by atoms with Crippen molar-refractivity contribution in [3.05, 3.63) is 0 Å². The molecule has 0 spiro atoms. The van der Waals surface area contributed by atoms with Crippen LogP contribution in [0.3, 0.4) is 0 Å². The SMILES string of the molecule is CCCNC(C)(C#N)CCCCN1CCCC1. The molecule has 1 N–H and O–H groups in total. The summed E-state index contributed by atoms with van der Waals surface area (Å²) in [6.07, 6.45) is 7.17. The molecule has 0 aromatic carbocycles. The van der Waals surface area contributed by atoms with Gasteiger partial charge in [-0.1, -0.05) is 6.92 Å². The molecule has 0 radical (unpaired) electrons. The normalized spacial score (nSPS) is 20.1. The number of likely N-dealkylation sites (tertiary alicyclic amines) is 1. The van der Waals surface area contributed by atoms with E-state index in [0.717, 1.165) is 25.8 Å². The molecule has 3 heteroatoms. The Bertz CT molecular complexity index is 240. The molecular weight excluding hydrogens is 210 g/mol. The zero-order chi connectivity index (χ0) is 12.6. The minimum absolute atomic E-state index is 0.318. The Balaban J connectivity index is 2.12. The van der Waals surface area contributed by atoms with Crippen LogP contribution in [0.15, 0.2) is 0 Å². The van der Waals surface area contributed by atoms with Crippen LogP contribution in [0.25, 0.3) is 0 Å². The largest absolute Gasteiger partial charge is 0.303 e. The van der Waals surface area contributed by atoms with E-state index < -0.39 is 0 Å². The van der Waals surface area contributed by atoms with Crippen molar-refractivity contribution in [3.63, 3.8) is 0 Å². The smallest absolute Gasteiger partial charge is 0.103 e. The van der Waals surface area contributed by atoms with Crippen LogP contribution in [0.1, 0.15) is 52.4 Å². The van der Waals surface area contributed by atoms with Crippen LogP contribution < -0.4 is 5.32 Å². The lowest BCUT2D eigenvalue weighted by molar-refractivity contribution is 0.317. The number of unbranched alkanes of at least 4 members (excludes halogenated alkanes) is 1. The van der Waals surface area contributed by atoms with Gasteiger partial charge in [-0.3, -0.25) is 5.32 Å². The Hall–Kier alpha value is -0.590. The maximum atomic E-state index is 9.20. The number of nitriles is 1. The van der Waals surface area contributed by atoms with Crippen molar-refractivity contribution < 1.29 is 0 Å². The van der Waals surface area contributed by atoms with Crippen molar-refractivity contribution in [1.82, 2.24) is 10.2 Å². The van der Waals surface area contributed by atoms with E-state index in [-0.39, 0.29) is 5.54 Å². The second-order valence-electron chi connectivity index (χ2n) is 5.38. The molecule has 0 amide bonds. The van der Waals surface area contributed by atoms with Crippen LogP contribution in [0.5, 0.6) is 0 Å². The number of nitrogens with zero attached hydrogens (tertiary/aromatic N) is 2. The zero-order valence-electron chi connectivity index (χ0n) is 11.5. The number of hydrogen-bond donors (Lipinski definition) is 1. The molecule has 1 saturated heterocycles. The Labute approximate surface area is 106 Å². The van der Waals surface area contributed by atoms with Gasteiger partial charge in [0.15, 0.2) is 0 Å². The van der Waals surface area contributed by atoms with Crippen molar-refractivity contribution in [2.45, 2.75) is 57.9 Å². The van der Waals surface area contributed by atoms with Crippen LogP contribution >= 0.6 is 0 Å². The van der Waals surface area contributed by atoms with Gasteiger partial charge in [0.25, 0.3) is 0 Å². The van der Waals surface area contributed by atoms with Gasteiger partial charge in [-0.05, 0) is 71.6 Å². The van der Waals surface area contributed by atoms with E-state index in [9.17, 15) is 5.26 Å². The van der Waals surface area contributed by atoms with Gasteiger partial charge < -0.3 is 4.90 Å². The quantitative estimate of drug-likeness (QED) is 0.659. The van der Waals surface area contributed by atoms with Crippen LogP contribution in [-0.2, 0) is 0 Å². The first kappa shape index (κ1) is 14.5. The van der Waals surface area contributed by atoms with Crippen LogP contribution in [0.4, 0.5) is 0 Å². The summed E-state index contributed by atoms with van der Waals surface area (Å²) in [5.74, 6) is 0. The lowest BCUT2D eigenvalue weighted by Gasteiger charge is -2.23. The Morgan fingerprint density at radius 1 is 1.29 bits per heavy atom. The zero-order valence-corrected chi connectivity index (χ0v) is 11.5. The van der Waals surface area contributed by atoms with E-state index in [2.05, 4.69) is 23.2 Å². The molecule has 0 bridgehead atoms. The average molecular weight is 237 g/mol. The second-order valence-corrected chi connectivity index (χ2v) is 5.38. The first-order valence-corrected chi connectivity index (χ1v) is 7.09. The molecule has 1 rings (SSSR count). The molecule has 98 valence electrons. The van der Waals surface area contributed by atoms with Gasteiger partial charge in [0, 0.05) is 0 Å². The van der Waals surface area contributed by atoms with Gasteiger partial charge in [-0.25, -0.2) is 0 Å². The number of hydrogen-bond acceptors (Lipinski definition) is 3. The third kappa shape index (κ3) is 5.52. The Kier molecular flexibility index (Phi) is 6.54. The third-order valence-corrected chi connectivity index (χ3v) is 3.61. The molecule has 1 atom stereocenters.